The second-order valence-corrected chi connectivity index (χ2v) is 6.35. The topological polar surface area (TPSA) is 39.7 Å². The van der Waals surface area contributed by atoms with Crippen LogP contribution in [0.1, 0.15) is 31.0 Å². The second kappa shape index (κ2) is 7.58. The molecule has 2 aromatic rings. The number of nitrogens with one attached hydrogen (secondary N) is 1. The van der Waals surface area contributed by atoms with Gasteiger partial charge in [0.05, 0.1) is 7.11 Å². The number of ether oxygens (including phenoxy) is 3. The molecule has 4 nitrogen and oxygen atoms in total. The highest BCUT2D eigenvalue weighted by atomic mass is 16.6. The zero-order valence-corrected chi connectivity index (χ0v) is 14.5. The maximum atomic E-state index is 5.66. The van der Waals surface area contributed by atoms with Crippen LogP contribution in [0.4, 0.5) is 0 Å². The SMILES string of the molecule is COc1ccc(C(NCc2ccc3c(c2)OCCO3)C(C)C)cc1. The number of rotatable bonds is 6. The van der Waals surface area contributed by atoms with Crippen LogP contribution in [0, 0.1) is 5.92 Å². The van der Waals surface area contributed by atoms with Gasteiger partial charge in [0.15, 0.2) is 11.5 Å². The largest absolute Gasteiger partial charge is 0.497 e. The van der Waals surface area contributed by atoms with Gasteiger partial charge in [0.25, 0.3) is 0 Å². The van der Waals surface area contributed by atoms with E-state index in [2.05, 4.69) is 43.4 Å². The zero-order chi connectivity index (χ0) is 16.9. The Balaban J connectivity index is 1.69. The van der Waals surface area contributed by atoms with E-state index in [-0.39, 0.29) is 6.04 Å². The Morgan fingerprint density at radius 1 is 1.00 bits per heavy atom. The number of hydrogen-bond donors (Lipinski definition) is 1. The van der Waals surface area contributed by atoms with Crippen LogP contribution >= 0.6 is 0 Å². The molecule has 0 spiro atoms. The van der Waals surface area contributed by atoms with E-state index in [1.54, 1.807) is 7.11 Å². The van der Waals surface area contributed by atoms with Gasteiger partial charge in [-0.1, -0.05) is 32.0 Å². The lowest BCUT2D eigenvalue weighted by Crippen LogP contribution is -2.25. The second-order valence-electron chi connectivity index (χ2n) is 6.35. The molecule has 24 heavy (non-hydrogen) atoms. The Bertz CT molecular complexity index is 667. The lowest BCUT2D eigenvalue weighted by Gasteiger charge is -2.24. The van der Waals surface area contributed by atoms with Gasteiger partial charge in [-0.05, 0) is 41.3 Å². The molecule has 0 fully saturated rings. The van der Waals surface area contributed by atoms with E-state index >= 15 is 0 Å². The summed E-state index contributed by atoms with van der Waals surface area (Å²) < 4.78 is 16.5. The lowest BCUT2D eigenvalue weighted by atomic mass is 9.95. The number of methoxy groups -OCH3 is 1. The molecule has 3 rings (SSSR count). The summed E-state index contributed by atoms with van der Waals surface area (Å²) in [7, 11) is 1.69. The van der Waals surface area contributed by atoms with Gasteiger partial charge < -0.3 is 19.5 Å². The van der Waals surface area contributed by atoms with Gasteiger partial charge in [0, 0.05) is 12.6 Å². The van der Waals surface area contributed by atoms with Crippen LogP contribution in [0.2, 0.25) is 0 Å². The van der Waals surface area contributed by atoms with Gasteiger partial charge >= 0.3 is 0 Å². The van der Waals surface area contributed by atoms with Crippen molar-refractivity contribution in [1.82, 2.24) is 5.32 Å². The van der Waals surface area contributed by atoms with Crippen LogP contribution in [0.5, 0.6) is 17.2 Å². The minimum absolute atomic E-state index is 0.282. The molecular weight excluding hydrogens is 302 g/mol. The van der Waals surface area contributed by atoms with Crippen molar-refractivity contribution in [3.8, 4) is 17.2 Å². The number of benzene rings is 2. The molecule has 2 aromatic carbocycles. The maximum absolute atomic E-state index is 5.66. The summed E-state index contributed by atoms with van der Waals surface area (Å²) in [4.78, 5) is 0. The minimum Gasteiger partial charge on any atom is -0.497 e. The molecule has 1 aliphatic heterocycles. The fourth-order valence-electron chi connectivity index (χ4n) is 2.98. The molecule has 0 saturated carbocycles. The fraction of sp³-hybridized carbons (Fsp3) is 0.400. The van der Waals surface area contributed by atoms with E-state index in [9.17, 15) is 0 Å². The van der Waals surface area contributed by atoms with Crippen LogP contribution in [0.15, 0.2) is 42.5 Å². The van der Waals surface area contributed by atoms with Crippen molar-refractivity contribution in [1.29, 1.82) is 0 Å². The van der Waals surface area contributed by atoms with Gasteiger partial charge in [-0.15, -0.1) is 0 Å². The molecule has 1 unspecified atom stereocenters. The fourth-order valence-corrected chi connectivity index (χ4v) is 2.98. The summed E-state index contributed by atoms with van der Waals surface area (Å²) >= 11 is 0. The third kappa shape index (κ3) is 3.82. The first kappa shape index (κ1) is 16.7. The molecular formula is C20H25NO3. The molecule has 0 radical (unpaired) electrons. The summed E-state index contributed by atoms with van der Waals surface area (Å²) in [6.45, 7) is 6.48. The van der Waals surface area contributed by atoms with E-state index in [4.69, 9.17) is 14.2 Å². The normalized spacial score (nSPS) is 14.5. The van der Waals surface area contributed by atoms with Crippen molar-refractivity contribution in [2.75, 3.05) is 20.3 Å². The van der Waals surface area contributed by atoms with E-state index in [0.717, 1.165) is 23.8 Å². The van der Waals surface area contributed by atoms with E-state index in [0.29, 0.717) is 19.1 Å². The molecule has 0 aromatic heterocycles. The van der Waals surface area contributed by atoms with Crippen molar-refractivity contribution in [3.63, 3.8) is 0 Å². The van der Waals surface area contributed by atoms with Crippen molar-refractivity contribution < 1.29 is 14.2 Å². The molecule has 1 atom stereocenters. The van der Waals surface area contributed by atoms with Gasteiger partial charge in [-0.25, -0.2) is 0 Å². The van der Waals surface area contributed by atoms with Crippen molar-refractivity contribution in [3.05, 3.63) is 53.6 Å². The molecule has 0 amide bonds. The van der Waals surface area contributed by atoms with Crippen molar-refractivity contribution in [2.45, 2.75) is 26.4 Å². The Morgan fingerprint density at radius 2 is 1.71 bits per heavy atom. The Hall–Kier alpha value is -2.20. The first-order chi connectivity index (χ1) is 11.7. The highest BCUT2D eigenvalue weighted by molar-refractivity contribution is 5.43. The summed E-state index contributed by atoms with van der Waals surface area (Å²) in [5.41, 5.74) is 2.46. The average molecular weight is 327 g/mol. The Labute approximate surface area is 143 Å². The van der Waals surface area contributed by atoms with Gasteiger partial charge in [0.2, 0.25) is 0 Å². The Morgan fingerprint density at radius 3 is 2.38 bits per heavy atom. The standard InChI is InChI=1S/C20H25NO3/c1-14(2)20(16-5-7-17(22-3)8-6-16)21-13-15-4-9-18-19(12-15)24-11-10-23-18/h4-9,12,14,20-21H,10-11,13H2,1-3H3. The molecule has 1 N–H and O–H groups in total. The predicted molar refractivity (Wildman–Crippen MR) is 94.8 cm³/mol. The highest BCUT2D eigenvalue weighted by Gasteiger charge is 2.16. The number of fused-ring (bicyclic) bond motifs is 1. The van der Waals surface area contributed by atoms with Crippen LogP contribution in [0.25, 0.3) is 0 Å². The minimum atomic E-state index is 0.282. The smallest absolute Gasteiger partial charge is 0.161 e. The monoisotopic (exact) mass is 327 g/mol. The van der Waals surface area contributed by atoms with Crippen LogP contribution in [-0.4, -0.2) is 20.3 Å². The van der Waals surface area contributed by atoms with Crippen molar-refractivity contribution >= 4 is 0 Å². The van der Waals surface area contributed by atoms with Crippen LogP contribution < -0.4 is 19.5 Å². The van der Waals surface area contributed by atoms with Gasteiger partial charge in [-0.2, -0.15) is 0 Å². The van der Waals surface area contributed by atoms with Crippen LogP contribution in [-0.2, 0) is 6.54 Å². The molecule has 0 bridgehead atoms. The van der Waals surface area contributed by atoms with Gasteiger partial charge in [-0.3, -0.25) is 0 Å². The zero-order valence-electron chi connectivity index (χ0n) is 14.5. The summed E-state index contributed by atoms with van der Waals surface area (Å²) in [6.07, 6.45) is 0. The summed E-state index contributed by atoms with van der Waals surface area (Å²) in [5.74, 6) is 3.04. The third-order valence-electron chi connectivity index (χ3n) is 4.27. The molecule has 128 valence electrons. The van der Waals surface area contributed by atoms with Gasteiger partial charge in [0.1, 0.15) is 19.0 Å². The van der Waals surface area contributed by atoms with Crippen LogP contribution in [0.3, 0.4) is 0 Å². The molecule has 1 aliphatic rings. The lowest BCUT2D eigenvalue weighted by molar-refractivity contribution is 0.171. The first-order valence-corrected chi connectivity index (χ1v) is 8.43. The summed E-state index contributed by atoms with van der Waals surface area (Å²) in [5, 5.41) is 3.66. The number of hydrogen-bond acceptors (Lipinski definition) is 4. The average Bonchev–Trinajstić information content (AvgIpc) is 2.62. The maximum Gasteiger partial charge on any atom is 0.161 e. The first-order valence-electron chi connectivity index (χ1n) is 8.43. The quantitative estimate of drug-likeness (QED) is 0.872. The van der Waals surface area contributed by atoms with E-state index < -0.39 is 0 Å². The molecule has 0 saturated heterocycles. The summed E-state index contributed by atoms with van der Waals surface area (Å²) in [6, 6.07) is 14.7. The highest BCUT2D eigenvalue weighted by Crippen LogP contribution is 2.31. The van der Waals surface area contributed by atoms with Crippen molar-refractivity contribution in [2.24, 2.45) is 5.92 Å². The van der Waals surface area contributed by atoms with E-state index in [1.807, 2.05) is 18.2 Å². The molecule has 1 heterocycles. The Kier molecular flexibility index (Phi) is 5.26. The molecule has 4 heteroatoms. The molecule has 0 aliphatic carbocycles. The predicted octanol–water partition coefficient (Wildman–Crippen LogP) is 3.95. The van der Waals surface area contributed by atoms with E-state index in [1.165, 1.54) is 11.1 Å². The third-order valence-corrected chi connectivity index (χ3v) is 4.27.